The molecule has 40 heavy (non-hydrogen) atoms. The first-order valence-electron chi connectivity index (χ1n) is 12.7. The maximum Gasteiger partial charge on any atom is 0.263 e. The van der Waals surface area contributed by atoms with E-state index < -0.39 is 0 Å². The highest BCUT2D eigenvalue weighted by molar-refractivity contribution is 7.28. The second-order valence-electron chi connectivity index (χ2n) is 9.07. The van der Waals surface area contributed by atoms with Crippen molar-refractivity contribution < 1.29 is 0 Å². The van der Waals surface area contributed by atoms with E-state index in [1.54, 1.807) is 34.8 Å². The molecule has 0 aliphatic carbocycles. The van der Waals surface area contributed by atoms with Crippen molar-refractivity contribution in [3.05, 3.63) is 91.5 Å². The highest BCUT2D eigenvalue weighted by atomic mass is 32.1. The van der Waals surface area contributed by atoms with Gasteiger partial charge in [-0.15, -0.1) is 45.3 Å². The van der Waals surface area contributed by atoms with E-state index in [4.69, 9.17) is 23.7 Å². The molecule has 0 saturated carbocycles. The molecule has 0 amide bonds. The zero-order valence-corrected chi connectivity index (χ0v) is 25.1. The lowest BCUT2D eigenvalue weighted by molar-refractivity contribution is 0.930. The number of nitrogens with zero attached hydrogens (tertiary/aromatic N) is 4. The molecule has 8 heteroatoms. The molecule has 4 aromatic heterocycles. The number of thiophene rings is 4. The lowest BCUT2D eigenvalue weighted by atomic mass is 9.96. The Balaban J connectivity index is 1.66. The van der Waals surface area contributed by atoms with Crippen LogP contribution in [0, 0.1) is 35.8 Å². The number of nitriles is 2. The largest absolute Gasteiger partial charge is 0.263 e. The Morgan fingerprint density at radius 3 is 1.48 bits per heavy atom. The lowest BCUT2D eigenvalue weighted by Crippen LogP contribution is -1.91. The maximum absolute atomic E-state index is 9.14. The minimum absolute atomic E-state index is 0.0991. The van der Waals surface area contributed by atoms with E-state index in [1.807, 2.05) is 46.9 Å². The zero-order valence-electron chi connectivity index (χ0n) is 21.9. The number of rotatable bonds is 8. The van der Waals surface area contributed by atoms with Gasteiger partial charge in [0.25, 0.3) is 11.4 Å². The van der Waals surface area contributed by atoms with Gasteiger partial charge in [0.2, 0.25) is 0 Å². The fourth-order valence-electron chi connectivity index (χ4n) is 4.74. The molecule has 4 nitrogen and oxygen atoms in total. The van der Waals surface area contributed by atoms with Crippen LogP contribution in [0.3, 0.4) is 0 Å². The molecule has 0 fully saturated rings. The fraction of sp³-hybridized carbons (Fsp3) is 0.188. The van der Waals surface area contributed by atoms with Crippen molar-refractivity contribution >= 4 is 77.7 Å². The van der Waals surface area contributed by atoms with Crippen molar-refractivity contribution in [2.24, 2.45) is 0 Å². The molecule has 0 spiro atoms. The van der Waals surface area contributed by atoms with E-state index >= 15 is 0 Å². The summed E-state index contributed by atoms with van der Waals surface area (Å²) in [4.78, 5) is 13.2. The van der Waals surface area contributed by atoms with Gasteiger partial charge in [0.15, 0.2) is 0 Å². The molecule has 5 rings (SSSR count). The number of hydrogen-bond donors (Lipinski definition) is 0. The second-order valence-corrected chi connectivity index (χ2v) is 13.4. The van der Waals surface area contributed by atoms with Gasteiger partial charge in [-0.3, -0.25) is 0 Å². The van der Waals surface area contributed by atoms with Crippen molar-refractivity contribution in [1.29, 1.82) is 10.5 Å². The van der Waals surface area contributed by atoms with Gasteiger partial charge in [0.1, 0.15) is 0 Å². The molecule has 4 heterocycles. The topological polar surface area (TPSA) is 56.3 Å². The number of benzene rings is 1. The summed E-state index contributed by atoms with van der Waals surface area (Å²) in [7, 11) is 0. The molecule has 0 N–H and O–H groups in total. The minimum atomic E-state index is 0.0991. The number of allylic oxidation sites excluding steroid dienone is 2. The summed E-state index contributed by atoms with van der Waals surface area (Å²) in [5.41, 5.74) is 3.00. The average molecular weight is 591 g/mol. The third-order valence-corrected chi connectivity index (χ3v) is 11.3. The van der Waals surface area contributed by atoms with E-state index in [1.165, 1.54) is 41.1 Å². The normalized spacial score (nSPS) is 11.8. The van der Waals surface area contributed by atoms with Gasteiger partial charge < -0.3 is 0 Å². The van der Waals surface area contributed by atoms with Crippen molar-refractivity contribution in [3.8, 4) is 31.6 Å². The van der Waals surface area contributed by atoms with Crippen LogP contribution in [-0.2, 0) is 12.8 Å². The van der Waals surface area contributed by atoms with Gasteiger partial charge in [-0.1, -0.05) is 26.7 Å². The van der Waals surface area contributed by atoms with E-state index in [9.17, 15) is 0 Å². The molecule has 5 aromatic rings. The third kappa shape index (κ3) is 5.24. The summed E-state index contributed by atoms with van der Waals surface area (Å²) in [6.45, 7) is 18.8. The smallest absolute Gasteiger partial charge is 0.227 e. The van der Waals surface area contributed by atoms with Crippen LogP contribution in [0.5, 0.6) is 0 Å². The average Bonchev–Trinajstić information content (AvgIpc) is 3.77. The van der Waals surface area contributed by atoms with Gasteiger partial charge in [-0.2, -0.15) is 0 Å². The van der Waals surface area contributed by atoms with Crippen LogP contribution < -0.4 is 0 Å². The van der Waals surface area contributed by atoms with Crippen molar-refractivity contribution in [2.45, 2.75) is 39.5 Å². The zero-order chi connectivity index (χ0) is 28.2. The Bertz CT molecular complexity index is 1750. The minimum Gasteiger partial charge on any atom is -0.227 e. The highest BCUT2D eigenvalue weighted by Crippen LogP contribution is 2.48. The van der Waals surface area contributed by atoms with E-state index in [-0.39, 0.29) is 11.4 Å². The second kappa shape index (κ2) is 12.0. The number of aryl methyl sites for hydroxylation is 2. The van der Waals surface area contributed by atoms with Crippen LogP contribution in [0.4, 0.5) is 0 Å². The predicted molar refractivity (Wildman–Crippen MR) is 172 cm³/mol. The van der Waals surface area contributed by atoms with Crippen LogP contribution in [0.1, 0.15) is 47.6 Å². The van der Waals surface area contributed by atoms with Crippen LogP contribution in [-0.4, -0.2) is 0 Å². The molecule has 0 unspecified atom stereocenters. The van der Waals surface area contributed by atoms with Gasteiger partial charge in [-0.25, -0.2) is 20.2 Å². The van der Waals surface area contributed by atoms with Gasteiger partial charge in [0.05, 0.1) is 25.3 Å². The van der Waals surface area contributed by atoms with Gasteiger partial charge in [0, 0.05) is 38.7 Å². The molecule has 0 aliphatic rings. The van der Waals surface area contributed by atoms with Crippen LogP contribution in [0.2, 0.25) is 0 Å². The highest BCUT2D eigenvalue weighted by Gasteiger charge is 2.20. The third-order valence-electron chi connectivity index (χ3n) is 6.43. The molecule has 194 valence electrons. The number of fused-ring (bicyclic) bond motifs is 2. The van der Waals surface area contributed by atoms with Crippen molar-refractivity contribution in [1.82, 2.24) is 0 Å². The molecular formula is C32H22N4S4. The van der Waals surface area contributed by atoms with Crippen LogP contribution >= 0.6 is 45.3 Å². The van der Waals surface area contributed by atoms with Crippen LogP contribution in [0.25, 0.3) is 61.5 Å². The lowest BCUT2D eigenvalue weighted by Gasteiger charge is -2.10. The summed E-state index contributed by atoms with van der Waals surface area (Å²) in [6, 6.07) is 16.7. The molecule has 0 aliphatic heterocycles. The molecule has 0 bridgehead atoms. The van der Waals surface area contributed by atoms with Gasteiger partial charge >= 0.3 is 0 Å². The Labute approximate surface area is 249 Å². The Kier molecular flexibility index (Phi) is 8.27. The Morgan fingerprint density at radius 2 is 1.12 bits per heavy atom. The summed E-state index contributed by atoms with van der Waals surface area (Å²) in [5, 5.41) is 21.0. The quantitative estimate of drug-likeness (QED) is 0.133. The number of hydrogen-bond acceptors (Lipinski definition) is 6. The predicted octanol–water partition coefficient (Wildman–Crippen LogP) is 11.0. The molecule has 1 aromatic carbocycles. The first-order valence-corrected chi connectivity index (χ1v) is 16.0. The standard InChI is InChI=1S/C32H22N4S4/c1-5-7-23-25-15-29(27-11-9-21(37-27)13-19(17-33)35-3)40-32(25)24(8-6-2)26-16-30(39-31(23)26)28-12-10-22(38-28)14-20(18-34)36-4/h9-16H,5-8H2,1-2H3/b19-13-,20-14+. The van der Waals surface area contributed by atoms with Crippen molar-refractivity contribution in [2.75, 3.05) is 0 Å². The first-order chi connectivity index (χ1) is 19.5. The van der Waals surface area contributed by atoms with Crippen molar-refractivity contribution in [3.63, 3.8) is 0 Å². The van der Waals surface area contributed by atoms with E-state index in [0.29, 0.717) is 0 Å². The van der Waals surface area contributed by atoms with Gasteiger partial charge in [-0.05, 0) is 83.3 Å². The van der Waals surface area contributed by atoms with E-state index in [2.05, 4.69) is 47.8 Å². The first kappa shape index (κ1) is 27.5. The summed E-state index contributed by atoms with van der Waals surface area (Å²) < 4.78 is 2.71. The fourth-order valence-corrected chi connectivity index (χ4v) is 9.33. The maximum atomic E-state index is 9.14. The molecule has 0 atom stereocenters. The molecule has 0 radical (unpaired) electrons. The molecule has 0 saturated heterocycles. The SMILES string of the molecule is [C-]#[N+]/C(C#N)=C\c1ccc(-c2cc3c(CCC)c4sc(-c5ccc(/C=C(\C#N)[N+]#[C-])s5)cc4c(CCC)c3s2)s1. The molecular weight excluding hydrogens is 569 g/mol. The summed E-state index contributed by atoms with van der Waals surface area (Å²) in [5.74, 6) is 0. The summed E-state index contributed by atoms with van der Waals surface area (Å²) in [6.07, 6.45) is 7.42. The van der Waals surface area contributed by atoms with E-state index in [0.717, 1.165) is 45.2 Å². The monoisotopic (exact) mass is 590 g/mol. The Morgan fingerprint density at radius 1 is 0.700 bits per heavy atom. The summed E-state index contributed by atoms with van der Waals surface area (Å²) >= 11 is 6.91. The van der Waals surface area contributed by atoms with Crippen LogP contribution in [0.15, 0.2) is 47.8 Å². The Hall–Kier alpha value is -4.02.